The number of hydrogen-bond donors (Lipinski definition) is 2. The fourth-order valence-corrected chi connectivity index (χ4v) is 3.52. The average Bonchev–Trinajstić information content (AvgIpc) is 3.03. The number of esters is 1. The summed E-state index contributed by atoms with van der Waals surface area (Å²) in [6.07, 6.45) is -1.45. The fraction of sp³-hybridized carbons (Fsp3) is 0.250. The van der Waals surface area contributed by atoms with Crippen LogP contribution in [0, 0.1) is 0 Å². The minimum Gasteiger partial charge on any atom is -0.508 e. The van der Waals surface area contributed by atoms with Crippen molar-refractivity contribution in [1.29, 1.82) is 0 Å². The average molecular weight is 366 g/mol. The Morgan fingerprint density at radius 1 is 1.19 bits per heavy atom. The molecule has 0 fully saturated rings. The van der Waals surface area contributed by atoms with Crippen LogP contribution in [0.3, 0.4) is 0 Å². The molecule has 4 heterocycles. The van der Waals surface area contributed by atoms with Crippen molar-refractivity contribution in [2.45, 2.75) is 33.1 Å². The normalized spacial score (nSPS) is 16.7. The lowest BCUT2D eigenvalue weighted by Crippen LogP contribution is -2.32. The van der Waals surface area contributed by atoms with Crippen LogP contribution in [0.5, 0.6) is 5.75 Å². The van der Waals surface area contributed by atoms with Gasteiger partial charge < -0.3 is 19.5 Å². The highest BCUT2D eigenvalue weighted by Crippen LogP contribution is 2.35. The molecule has 3 aromatic rings. The highest BCUT2D eigenvalue weighted by atomic mass is 16.5. The summed E-state index contributed by atoms with van der Waals surface area (Å²) in [5.41, 5.74) is 3.05. The van der Waals surface area contributed by atoms with Gasteiger partial charge in [0.25, 0.3) is 5.56 Å². The van der Waals surface area contributed by atoms with Gasteiger partial charge in [0, 0.05) is 16.5 Å². The van der Waals surface area contributed by atoms with Gasteiger partial charge in [-0.15, -0.1) is 0 Å². The van der Waals surface area contributed by atoms with Crippen LogP contribution < -0.4 is 5.56 Å². The zero-order chi connectivity index (χ0) is 19.3. The first-order valence-corrected chi connectivity index (χ1v) is 8.77. The van der Waals surface area contributed by atoms with Gasteiger partial charge in [0.2, 0.25) is 0 Å². The molecule has 0 amide bonds. The van der Waals surface area contributed by atoms with Crippen molar-refractivity contribution in [2.24, 2.45) is 0 Å². The molecule has 0 aliphatic carbocycles. The Morgan fingerprint density at radius 2 is 1.96 bits per heavy atom. The van der Waals surface area contributed by atoms with Gasteiger partial charge in [0.15, 0.2) is 6.10 Å². The van der Waals surface area contributed by atoms with Gasteiger partial charge in [-0.25, -0.2) is 9.78 Å². The second-order valence-corrected chi connectivity index (χ2v) is 6.24. The molecule has 1 aromatic carbocycles. The maximum Gasteiger partial charge on any atom is 0.340 e. The summed E-state index contributed by atoms with van der Waals surface area (Å²) in [5.74, 6) is -0.604. The Balaban J connectivity index is 0.000000872. The van der Waals surface area contributed by atoms with E-state index in [-0.39, 0.29) is 23.5 Å². The van der Waals surface area contributed by atoms with Crippen LogP contribution >= 0.6 is 0 Å². The summed E-state index contributed by atoms with van der Waals surface area (Å²) in [6, 6.07) is 8.41. The predicted octanol–water partition coefficient (Wildman–Crippen LogP) is 2.25. The first-order chi connectivity index (χ1) is 13.0. The number of aliphatic hydroxyl groups excluding tert-OH is 1. The molecule has 0 saturated heterocycles. The molecule has 7 nitrogen and oxygen atoms in total. The molecule has 1 atom stereocenters. The molecule has 2 aromatic heterocycles. The number of phenols is 1. The number of phenolic OH excluding ortho intramolecular Hbond substituents is 1. The zero-order valence-corrected chi connectivity index (χ0v) is 14.9. The number of carbonyl (C=O) groups is 1. The zero-order valence-electron chi connectivity index (χ0n) is 14.9. The molecule has 7 heteroatoms. The van der Waals surface area contributed by atoms with E-state index in [1.54, 1.807) is 28.8 Å². The summed E-state index contributed by atoms with van der Waals surface area (Å²) in [6.45, 7) is 4.21. The van der Waals surface area contributed by atoms with E-state index in [4.69, 9.17) is 4.74 Å². The minimum atomic E-state index is -1.45. The standard InChI is InChI=1S/C18H12N2O5.C2H6/c21-10-1-2-13-8(4-10)3-9-6-20-14(15(9)19-13)5-11-12(17(20)23)7-25-18(24)16(11)22;1-2/h1-5,16,21-22H,6-7H2;1-2H3/t16-;/m0./s1. The molecule has 0 spiro atoms. The van der Waals surface area contributed by atoms with Crippen molar-refractivity contribution >= 4 is 16.9 Å². The van der Waals surface area contributed by atoms with Crippen LogP contribution in [0.15, 0.2) is 35.1 Å². The minimum absolute atomic E-state index is 0.135. The molecule has 2 N–H and O–H groups in total. The Morgan fingerprint density at radius 3 is 2.74 bits per heavy atom. The third-order valence-corrected chi connectivity index (χ3v) is 4.76. The van der Waals surface area contributed by atoms with Gasteiger partial charge >= 0.3 is 5.97 Å². The maximum atomic E-state index is 12.8. The van der Waals surface area contributed by atoms with E-state index < -0.39 is 12.1 Å². The summed E-state index contributed by atoms with van der Waals surface area (Å²) >= 11 is 0. The highest BCUT2D eigenvalue weighted by Gasteiger charge is 2.33. The third kappa shape index (κ3) is 2.50. The van der Waals surface area contributed by atoms with Crippen LogP contribution in [-0.2, 0) is 22.7 Å². The van der Waals surface area contributed by atoms with Crippen molar-refractivity contribution in [2.75, 3.05) is 0 Å². The third-order valence-electron chi connectivity index (χ3n) is 4.76. The lowest BCUT2D eigenvalue weighted by molar-refractivity contribution is -0.157. The number of benzene rings is 1. The number of cyclic esters (lactones) is 1. The van der Waals surface area contributed by atoms with Crippen molar-refractivity contribution in [3.63, 3.8) is 0 Å². The van der Waals surface area contributed by atoms with Crippen molar-refractivity contribution in [3.05, 3.63) is 57.4 Å². The fourth-order valence-electron chi connectivity index (χ4n) is 3.52. The van der Waals surface area contributed by atoms with Crippen LogP contribution in [-0.4, -0.2) is 25.7 Å². The monoisotopic (exact) mass is 366 g/mol. The van der Waals surface area contributed by atoms with Crippen molar-refractivity contribution < 1.29 is 19.7 Å². The molecule has 27 heavy (non-hydrogen) atoms. The number of ether oxygens (including phenoxy) is 1. The summed E-state index contributed by atoms with van der Waals surface area (Å²) in [4.78, 5) is 29.0. The van der Waals surface area contributed by atoms with Gasteiger partial charge in [-0.05, 0) is 30.3 Å². The summed E-state index contributed by atoms with van der Waals surface area (Å²) < 4.78 is 6.44. The number of aliphatic hydroxyl groups is 1. The Hall–Kier alpha value is -3.19. The van der Waals surface area contributed by atoms with E-state index in [0.717, 1.165) is 10.9 Å². The van der Waals surface area contributed by atoms with Gasteiger partial charge in [0.1, 0.15) is 12.4 Å². The number of aromatic nitrogens is 2. The van der Waals surface area contributed by atoms with E-state index in [2.05, 4.69) is 4.98 Å². The largest absolute Gasteiger partial charge is 0.508 e. The highest BCUT2D eigenvalue weighted by molar-refractivity contribution is 5.85. The summed E-state index contributed by atoms with van der Waals surface area (Å²) in [7, 11) is 0. The van der Waals surface area contributed by atoms with Gasteiger partial charge in [0.05, 0.1) is 29.0 Å². The number of carbonyl (C=O) groups excluding carboxylic acids is 1. The molecular formula is C20H18N2O5. The predicted molar refractivity (Wildman–Crippen MR) is 98.3 cm³/mol. The number of rotatable bonds is 0. The second-order valence-electron chi connectivity index (χ2n) is 6.24. The van der Waals surface area contributed by atoms with E-state index in [1.165, 1.54) is 0 Å². The lowest BCUT2D eigenvalue weighted by atomic mass is 10.0. The molecule has 138 valence electrons. The van der Waals surface area contributed by atoms with E-state index in [0.29, 0.717) is 29.0 Å². The molecule has 0 bridgehead atoms. The van der Waals surface area contributed by atoms with E-state index in [9.17, 15) is 19.8 Å². The molecule has 2 aliphatic rings. The first-order valence-electron chi connectivity index (χ1n) is 8.77. The molecule has 0 unspecified atom stereocenters. The molecule has 0 saturated carbocycles. The number of nitrogens with zero attached hydrogens (tertiary/aromatic N) is 2. The number of hydrogen-bond acceptors (Lipinski definition) is 6. The Kier molecular flexibility index (Phi) is 3.96. The second kappa shape index (κ2) is 6.21. The van der Waals surface area contributed by atoms with Crippen molar-refractivity contribution in [3.8, 4) is 17.1 Å². The number of aromatic hydroxyl groups is 1. The SMILES string of the molecule is CC.O=C1OCc2c(cc3n(c2=O)Cc2cc4cc(O)ccc4nc2-3)[C@@H]1O. The smallest absolute Gasteiger partial charge is 0.340 e. The van der Waals surface area contributed by atoms with Gasteiger partial charge in [-0.2, -0.15) is 0 Å². The van der Waals surface area contributed by atoms with Crippen LogP contribution in [0.1, 0.15) is 36.6 Å². The first kappa shape index (κ1) is 17.2. The lowest BCUT2D eigenvalue weighted by Gasteiger charge is -2.21. The van der Waals surface area contributed by atoms with Crippen LogP contribution in [0.25, 0.3) is 22.3 Å². The Labute approximate surface area is 154 Å². The van der Waals surface area contributed by atoms with Gasteiger partial charge in [-0.3, -0.25) is 4.79 Å². The van der Waals surface area contributed by atoms with Crippen LogP contribution in [0.4, 0.5) is 0 Å². The number of fused-ring (bicyclic) bond motifs is 5. The van der Waals surface area contributed by atoms with Crippen molar-refractivity contribution in [1.82, 2.24) is 9.55 Å². The molecule has 2 aliphatic heterocycles. The quantitative estimate of drug-likeness (QED) is 0.463. The topological polar surface area (TPSA) is 102 Å². The molecule has 0 radical (unpaired) electrons. The molecular weight excluding hydrogens is 348 g/mol. The van der Waals surface area contributed by atoms with E-state index >= 15 is 0 Å². The van der Waals surface area contributed by atoms with E-state index in [1.807, 2.05) is 19.9 Å². The Bertz CT molecular complexity index is 1150. The summed E-state index contributed by atoms with van der Waals surface area (Å²) in [5, 5.41) is 20.5. The molecule has 5 rings (SSSR count). The number of pyridine rings is 2. The van der Waals surface area contributed by atoms with Crippen LogP contribution in [0.2, 0.25) is 0 Å². The van der Waals surface area contributed by atoms with Gasteiger partial charge in [-0.1, -0.05) is 13.8 Å². The maximum absolute atomic E-state index is 12.8.